The number of hydrogen-bond acceptors (Lipinski definition) is 9. The number of nitrogens with zero attached hydrogens (tertiary/aromatic N) is 1. The van der Waals surface area contributed by atoms with Crippen LogP contribution in [0.25, 0.3) is 10.8 Å². The molecule has 35 heavy (non-hydrogen) atoms. The number of amides is 1. The molecule has 0 radical (unpaired) electrons. The number of carbonyl (C=O) groups is 1. The van der Waals surface area contributed by atoms with Gasteiger partial charge in [-0.2, -0.15) is 0 Å². The van der Waals surface area contributed by atoms with Crippen molar-refractivity contribution in [3.63, 3.8) is 0 Å². The second-order valence-electron chi connectivity index (χ2n) is 9.62. The number of fused-ring (bicyclic) bond motifs is 4. The van der Waals surface area contributed by atoms with Gasteiger partial charge in [0.1, 0.15) is 30.7 Å². The van der Waals surface area contributed by atoms with Crippen LogP contribution in [0.1, 0.15) is 27.7 Å². The van der Waals surface area contributed by atoms with Crippen LogP contribution in [0, 0.1) is 0 Å². The van der Waals surface area contributed by atoms with Crippen LogP contribution in [0.2, 0.25) is 0 Å². The first-order valence-electron chi connectivity index (χ1n) is 11.3. The smallest absolute Gasteiger partial charge is 0.409 e. The number of hydrogen-bond donors (Lipinski definition) is 0. The summed E-state index contributed by atoms with van der Waals surface area (Å²) in [5, 5.41) is 1.67. The first kappa shape index (κ1) is 24.6. The van der Waals surface area contributed by atoms with Crippen molar-refractivity contribution in [1.29, 1.82) is 0 Å². The van der Waals surface area contributed by atoms with Crippen molar-refractivity contribution in [2.45, 2.75) is 63.4 Å². The van der Waals surface area contributed by atoms with Crippen molar-refractivity contribution in [2.75, 3.05) is 20.3 Å². The maximum absolute atomic E-state index is 12.9. The van der Waals surface area contributed by atoms with E-state index in [1.54, 1.807) is 26.0 Å². The second kappa shape index (κ2) is 8.77. The molecule has 5 atom stereocenters. The minimum Gasteiger partial charge on any atom is -0.409 e. The summed E-state index contributed by atoms with van der Waals surface area (Å²) >= 11 is -2.19. The fourth-order valence-corrected chi connectivity index (χ4v) is 5.25. The third kappa shape index (κ3) is 4.69. The van der Waals surface area contributed by atoms with Gasteiger partial charge in [0.25, 0.3) is 11.3 Å². The lowest BCUT2D eigenvalue weighted by atomic mass is 9.98. The molecule has 10 nitrogen and oxygen atoms in total. The summed E-state index contributed by atoms with van der Waals surface area (Å²) in [4.78, 5) is 12.7. The number of benzene rings is 2. The van der Waals surface area contributed by atoms with Crippen LogP contribution >= 0.6 is 0 Å². The van der Waals surface area contributed by atoms with E-state index in [-0.39, 0.29) is 19.3 Å². The molecule has 3 heterocycles. The number of ether oxygens (including phenoxy) is 6. The van der Waals surface area contributed by atoms with Gasteiger partial charge in [0.2, 0.25) is 5.79 Å². The summed E-state index contributed by atoms with van der Waals surface area (Å²) in [5.41, 5.74) is 0. The maximum Gasteiger partial charge on any atom is 0.428 e. The summed E-state index contributed by atoms with van der Waals surface area (Å²) in [6.45, 7) is 7.03. The predicted octanol–water partition coefficient (Wildman–Crippen LogP) is 3.26. The van der Waals surface area contributed by atoms with Crippen LogP contribution in [0.5, 0.6) is 5.75 Å². The molecule has 0 aromatic heterocycles. The second-order valence-corrected chi connectivity index (χ2v) is 10.8. The molecule has 3 saturated heterocycles. The highest BCUT2D eigenvalue weighted by molar-refractivity contribution is 7.78. The lowest BCUT2D eigenvalue weighted by Gasteiger charge is -2.40. The zero-order valence-electron chi connectivity index (χ0n) is 20.2. The van der Waals surface area contributed by atoms with Crippen LogP contribution in [0.4, 0.5) is 4.79 Å². The summed E-state index contributed by atoms with van der Waals surface area (Å²) in [6.07, 6.45) is -2.34. The Balaban J connectivity index is 1.27. The lowest BCUT2D eigenvalue weighted by Crippen LogP contribution is -2.60. The molecule has 3 aliphatic rings. The van der Waals surface area contributed by atoms with Crippen molar-refractivity contribution in [2.24, 2.45) is 0 Å². The number of carbonyl (C=O) groups excluding carboxylic acids is 1. The molecule has 2 aromatic rings. The van der Waals surface area contributed by atoms with Crippen LogP contribution in [-0.4, -0.2) is 70.5 Å². The Labute approximate surface area is 206 Å². The monoisotopic (exact) mass is 507 g/mol. The molecule has 1 unspecified atom stereocenters. The van der Waals surface area contributed by atoms with E-state index >= 15 is 0 Å². The van der Waals surface area contributed by atoms with Crippen LogP contribution < -0.4 is 4.74 Å². The van der Waals surface area contributed by atoms with Gasteiger partial charge in [-0.3, -0.25) is 4.18 Å². The molecule has 0 N–H and O–H groups in total. The summed E-state index contributed by atoms with van der Waals surface area (Å²) in [7, 11) is 1.32. The third-order valence-corrected chi connectivity index (χ3v) is 6.98. The topological polar surface area (TPSA) is 102 Å². The maximum atomic E-state index is 12.9. The quantitative estimate of drug-likeness (QED) is 0.603. The highest BCUT2D eigenvalue weighted by Crippen LogP contribution is 2.47. The van der Waals surface area contributed by atoms with E-state index in [2.05, 4.69) is 0 Å². The molecular weight excluding hydrogens is 478 g/mol. The molecule has 0 aliphatic carbocycles. The van der Waals surface area contributed by atoms with E-state index < -0.39 is 46.9 Å². The molecule has 3 aliphatic heterocycles. The molecular formula is C24H29NO9S. The molecule has 0 spiro atoms. The van der Waals surface area contributed by atoms with Crippen LogP contribution in [0.3, 0.4) is 0 Å². The van der Waals surface area contributed by atoms with E-state index in [1.807, 2.05) is 44.2 Å². The first-order chi connectivity index (χ1) is 16.5. The van der Waals surface area contributed by atoms with E-state index in [9.17, 15) is 9.00 Å². The number of rotatable bonds is 5. The highest BCUT2D eigenvalue weighted by Gasteiger charge is 2.65. The molecule has 5 rings (SSSR count). The molecule has 2 aromatic carbocycles. The SMILES string of the molecule is CN(C(=O)Oc1cccc2ccccc12)S(=O)OC[C@@]12OC[C@H]3OC(C)(C)O[C@H]3[C@@H]1OC(C)(C)O2. The zero-order valence-corrected chi connectivity index (χ0v) is 21.0. The van der Waals surface area contributed by atoms with Crippen molar-refractivity contribution < 1.29 is 41.6 Å². The standard InChI is InChI=1S/C24H29NO9S/c1-22(2)31-18-13-28-24(20(19(18)32-22)33-23(3,4)34-24)14-29-35(27)25(5)21(26)30-17-12-8-10-15-9-6-7-11-16(15)17/h6-12,18-20H,13-14H2,1-5H3/t18-,19-,20+,24+,35?/m1/s1. The predicted molar refractivity (Wildman–Crippen MR) is 124 cm³/mol. The van der Waals surface area contributed by atoms with Gasteiger partial charge in [0.15, 0.2) is 11.6 Å². The van der Waals surface area contributed by atoms with Crippen molar-refractivity contribution in [1.82, 2.24) is 4.31 Å². The Morgan fingerprint density at radius 1 is 1.06 bits per heavy atom. The summed E-state index contributed by atoms with van der Waals surface area (Å²) in [6, 6.07) is 12.9. The Hall–Kier alpha value is -2.12. The fourth-order valence-electron chi connectivity index (χ4n) is 4.66. The van der Waals surface area contributed by atoms with Gasteiger partial charge in [-0.1, -0.05) is 36.4 Å². The normalized spacial score (nSPS) is 31.5. The van der Waals surface area contributed by atoms with Gasteiger partial charge >= 0.3 is 6.09 Å². The molecule has 3 fully saturated rings. The van der Waals surface area contributed by atoms with Crippen LogP contribution in [-0.2, 0) is 39.1 Å². The highest BCUT2D eigenvalue weighted by atomic mass is 32.2. The van der Waals surface area contributed by atoms with Crippen molar-refractivity contribution >= 4 is 28.1 Å². The minimum atomic E-state index is -2.19. The molecule has 0 bridgehead atoms. The Kier molecular flexibility index (Phi) is 6.16. The van der Waals surface area contributed by atoms with Crippen LogP contribution in [0.15, 0.2) is 42.5 Å². The van der Waals surface area contributed by atoms with Gasteiger partial charge in [-0.25, -0.2) is 13.3 Å². The molecule has 1 amide bonds. The van der Waals surface area contributed by atoms with E-state index in [0.29, 0.717) is 5.75 Å². The van der Waals surface area contributed by atoms with Crippen molar-refractivity contribution in [3.05, 3.63) is 42.5 Å². The van der Waals surface area contributed by atoms with Gasteiger partial charge < -0.3 is 28.4 Å². The molecule has 11 heteroatoms. The average Bonchev–Trinajstić information content (AvgIpc) is 3.28. The largest absolute Gasteiger partial charge is 0.428 e. The minimum absolute atomic E-state index is 0.180. The van der Waals surface area contributed by atoms with E-state index in [4.69, 9.17) is 32.6 Å². The average molecular weight is 508 g/mol. The third-order valence-electron chi connectivity index (χ3n) is 6.06. The van der Waals surface area contributed by atoms with Gasteiger partial charge in [-0.05, 0) is 39.1 Å². The van der Waals surface area contributed by atoms with E-state index in [1.165, 1.54) is 7.05 Å². The van der Waals surface area contributed by atoms with Gasteiger partial charge in [-0.15, -0.1) is 0 Å². The fraction of sp³-hybridized carbons (Fsp3) is 0.542. The van der Waals surface area contributed by atoms with Gasteiger partial charge in [0.05, 0.1) is 6.61 Å². The Morgan fingerprint density at radius 3 is 2.60 bits per heavy atom. The zero-order chi connectivity index (χ0) is 25.0. The Bertz CT molecular complexity index is 1150. The molecule has 190 valence electrons. The first-order valence-corrected chi connectivity index (χ1v) is 12.4. The van der Waals surface area contributed by atoms with Crippen molar-refractivity contribution in [3.8, 4) is 5.75 Å². The molecule has 0 saturated carbocycles. The lowest BCUT2D eigenvalue weighted by molar-refractivity contribution is -0.290. The Morgan fingerprint density at radius 2 is 1.80 bits per heavy atom. The van der Waals surface area contributed by atoms with Gasteiger partial charge in [0, 0.05) is 12.4 Å². The van der Waals surface area contributed by atoms with E-state index in [0.717, 1.165) is 15.1 Å². The summed E-state index contributed by atoms with van der Waals surface area (Å²) < 4.78 is 54.9. The summed E-state index contributed by atoms with van der Waals surface area (Å²) in [5.74, 6) is -2.84.